The zero-order valence-corrected chi connectivity index (χ0v) is 11.2. The van der Waals surface area contributed by atoms with Gasteiger partial charge >= 0.3 is 0 Å². The Kier molecular flexibility index (Phi) is 4.07. The van der Waals surface area contributed by atoms with Crippen molar-refractivity contribution in [1.82, 2.24) is 4.98 Å². The van der Waals surface area contributed by atoms with E-state index in [2.05, 4.69) is 4.98 Å². The Hall–Kier alpha value is -0.870. The fourth-order valence-electron chi connectivity index (χ4n) is 1.55. The number of benzene rings is 1. The van der Waals surface area contributed by atoms with Gasteiger partial charge < -0.3 is 5.11 Å². The molecule has 0 saturated heterocycles. The Morgan fingerprint density at radius 3 is 2.28 bits per heavy atom. The van der Waals surface area contributed by atoms with Crippen molar-refractivity contribution in [3.63, 3.8) is 0 Å². The number of pyridine rings is 1. The van der Waals surface area contributed by atoms with Gasteiger partial charge in [0.1, 0.15) is 0 Å². The first-order chi connectivity index (χ1) is 8.52. The average molecular weight is 307 g/mol. The molecule has 0 fully saturated rings. The Morgan fingerprint density at radius 2 is 1.72 bits per heavy atom. The van der Waals surface area contributed by atoms with Gasteiger partial charge in [0.25, 0.3) is 0 Å². The van der Waals surface area contributed by atoms with Gasteiger partial charge in [0, 0.05) is 22.3 Å². The van der Waals surface area contributed by atoms with Crippen molar-refractivity contribution in [1.29, 1.82) is 0 Å². The van der Waals surface area contributed by atoms with Crippen LogP contribution >= 0.6 is 34.8 Å². The standard InChI is InChI=1S/C12H7Cl3FNO/c13-7-2-9(14)11(10(15)3-7)8-1-6(5-18)4-17-12(8)16/h1-4,18H,5H2. The lowest BCUT2D eigenvalue weighted by molar-refractivity contribution is 0.281. The first kappa shape index (κ1) is 13.6. The smallest absolute Gasteiger partial charge is 0.220 e. The van der Waals surface area contributed by atoms with E-state index < -0.39 is 5.95 Å². The number of rotatable bonds is 2. The number of aromatic nitrogens is 1. The van der Waals surface area contributed by atoms with Crippen LogP contribution in [0.4, 0.5) is 4.39 Å². The largest absolute Gasteiger partial charge is 0.392 e. The van der Waals surface area contributed by atoms with Crippen LogP contribution in [0.1, 0.15) is 5.56 Å². The van der Waals surface area contributed by atoms with E-state index in [1.54, 1.807) is 0 Å². The lowest BCUT2D eigenvalue weighted by Gasteiger charge is -2.09. The van der Waals surface area contributed by atoms with E-state index in [1.165, 1.54) is 24.4 Å². The van der Waals surface area contributed by atoms with Gasteiger partial charge in [-0.1, -0.05) is 34.8 Å². The zero-order valence-electron chi connectivity index (χ0n) is 8.92. The SMILES string of the molecule is OCc1cnc(F)c(-c2c(Cl)cc(Cl)cc2Cl)c1. The Balaban J connectivity index is 2.68. The first-order valence-corrected chi connectivity index (χ1v) is 6.06. The van der Waals surface area contributed by atoms with Crippen LogP contribution in [0.2, 0.25) is 15.1 Å². The van der Waals surface area contributed by atoms with Crippen LogP contribution in [0.5, 0.6) is 0 Å². The number of hydrogen-bond acceptors (Lipinski definition) is 2. The van der Waals surface area contributed by atoms with Crippen molar-refractivity contribution >= 4 is 34.8 Å². The van der Waals surface area contributed by atoms with E-state index in [-0.39, 0.29) is 22.2 Å². The van der Waals surface area contributed by atoms with Crippen LogP contribution in [-0.4, -0.2) is 10.1 Å². The number of nitrogens with zero attached hydrogens (tertiary/aromatic N) is 1. The van der Waals surface area contributed by atoms with Gasteiger partial charge in [0.15, 0.2) is 0 Å². The minimum atomic E-state index is -0.710. The maximum Gasteiger partial charge on any atom is 0.220 e. The maximum absolute atomic E-state index is 13.7. The number of hydrogen-bond donors (Lipinski definition) is 1. The molecular weight excluding hydrogens is 299 g/mol. The van der Waals surface area contributed by atoms with Crippen LogP contribution in [0.15, 0.2) is 24.4 Å². The molecule has 0 unspecified atom stereocenters. The van der Waals surface area contributed by atoms with Gasteiger partial charge in [0.05, 0.1) is 16.7 Å². The second kappa shape index (κ2) is 5.41. The molecule has 18 heavy (non-hydrogen) atoms. The van der Waals surface area contributed by atoms with Crippen molar-refractivity contribution in [3.05, 3.63) is 51.0 Å². The van der Waals surface area contributed by atoms with Crippen molar-refractivity contribution in [2.24, 2.45) is 0 Å². The highest BCUT2D eigenvalue weighted by Crippen LogP contribution is 2.38. The zero-order chi connectivity index (χ0) is 13.3. The molecule has 94 valence electrons. The summed E-state index contributed by atoms with van der Waals surface area (Å²) in [4.78, 5) is 3.55. The third-order valence-electron chi connectivity index (χ3n) is 2.35. The summed E-state index contributed by atoms with van der Waals surface area (Å²) in [6.45, 7) is -0.247. The van der Waals surface area contributed by atoms with Gasteiger partial charge in [-0.25, -0.2) is 4.98 Å². The number of aliphatic hydroxyl groups excluding tert-OH is 1. The normalized spacial score (nSPS) is 10.7. The molecule has 1 heterocycles. The summed E-state index contributed by atoms with van der Waals surface area (Å²) >= 11 is 17.8. The number of aliphatic hydroxyl groups is 1. The molecule has 0 saturated carbocycles. The molecule has 0 aliphatic carbocycles. The molecule has 2 nitrogen and oxygen atoms in total. The highest BCUT2D eigenvalue weighted by atomic mass is 35.5. The Morgan fingerprint density at radius 1 is 1.11 bits per heavy atom. The fraction of sp³-hybridized carbons (Fsp3) is 0.0833. The molecular formula is C12H7Cl3FNO. The average Bonchev–Trinajstić information content (AvgIpc) is 2.30. The van der Waals surface area contributed by atoms with E-state index in [4.69, 9.17) is 39.9 Å². The van der Waals surface area contributed by atoms with E-state index >= 15 is 0 Å². The molecule has 1 aromatic heterocycles. The van der Waals surface area contributed by atoms with Crippen LogP contribution in [-0.2, 0) is 6.61 Å². The molecule has 1 aromatic carbocycles. The predicted molar refractivity (Wildman–Crippen MR) is 70.6 cm³/mol. The van der Waals surface area contributed by atoms with Crippen LogP contribution in [0, 0.1) is 5.95 Å². The summed E-state index contributed by atoms with van der Waals surface area (Å²) in [5.74, 6) is -0.710. The molecule has 0 bridgehead atoms. The summed E-state index contributed by atoms with van der Waals surface area (Å²) in [5.41, 5.74) is 0.907. The summed E-state index contributed by atoms with van der Waals surface area (Å²) in [6.07, 6.45) is 1.25. The van der Waals surface area contributed by atoms with Crippen molar-refractivity contribution < 1.29 is 9.50 Å². The highest BCUT2D eigenvalue weighted by molar-refractivity contribution is 6.41. The molecule has 6 heteroatoms. The van der Waals surface area contributed by atoms with Gasteiger partial charge in [-0.3, -0.25) is 0 Å². The van der Waals surface area contributed by atoms with E-state index in [9.17, 15) is 4.39 Å². The predicted octanol–water partition coefficient (Wildman–Crippen LogP) is 4.34. The van der Waals surface area contributed by atoms with Gasteiger partial charge in [-0.05, 0) is 23.8 Å². The third kappa shape index (κ3) is 2.59. The lowest BCUT2D eigenvalue weighted by Crippen LogP contribution is -1.94. The van der Waals surface area contributed by atoms with Gasteiger partial charge in [-0.2, -0.15) is 4.39 Å². The van der Waals surface area contributed by atoms with Crippen molar-refractivity contribution in [2.75, 3.05) is 0 Å². The van der Waals surface area contributed by atoms with Gasteiger partial charge in [-0.15, -0.1) is 0 Å². The van der Waals surface area contributed by atoms with Crippen LogP contribution in [0.3, 0.4) is 0 Å². The fourth-order valence-corrected chi connectivity index (χ4v) is 2.57. The molecule has 0 spiro atoms. The van der Waals surface area contributed by atoms with Crippen molar-refractivity contribution in [2.45, 2.75) is 6.61 Å². The monoisotopic (exact) mass is 305 g/mol. The van der Waals surface area contributed by atoms with E-state index in [0.29, 0.717) is 16.1 Å². The second-order valence-corrected chi connectivity index (χ2v) is 4.84. The molecule has 2 rings (SSSR count). The molecule has 1 N–H and O–H groups in total. The molecule has 0 amide bonds. The topological polar surface area (TPSA) is 33.1 Å². The minimum absolute atomic E-state index is 0.133. The highest BCUT2D eigenvalue weighted by Gasteiger charge is 2.15. The molecule has 0 radical (unpaired) electrons. The molecule has 2 aromatic rings. The summed E-state index contributed by atoms with van der Waals surface area (Å²) in [5, 5.41) is 9.85. The third-order valence-corrected chi connectivity index (χ3v) is 3.17. The lowest BCUT2D eigenvalue weighted by atomic mass is 10.1. The van der Waals surface area contributed by atoms with Crippen molar-refractivity contribution in [3.8, 4) is 11.1 Å². The van der Waals surface area contributed by atoms with Gasteiger partial charge in [0.2, 0.25) is 5.95 Å². The minimum Gasteiger partial charge on any atom is -0.392 e. The molecule has 0 aliphatic rings. The second-order valence-electron chi connectivity index (χ2n) is 3.58. The Labute approximate surface area is 118 Å². The van der Waals surface area contributed by atoms with E-state index in [1.807, 2.05) is 0 Å². The summed E-state index contributed by atoms with van der Waals surface area (Å²) in [7, 11) is 0. The first-order valence-electron chi connectivity index (χ1n) is 4.93. The molecule has 0 atom stereocenters. The Bertz CT molecular complexity index is 581. The van der Waals surface area contributed by atoms with E-state index in [0.717, 1.165) is 0 Å². The molecule has 0 aliphatic heterocycles. The van der Waals surface area contributed by atoms with Crippen LogP contribution < -0.4 is 0 Å². The quantitative estimate of drug-likeness (QED) is 0.837. The summed E-state index contributed by atoms with van der Waals surface area (Å²) < 4.78 is 13.7. The van der Waals surface area contributed by atoms with Crippen LogP contribution in [0.25, 0.3) is 11.1 Å². The maximum atomic E-state index is 13.7. The number of halogens is 4. The summed E-state index contributed by atoms with van der Waals surface area (Å²) in [6, 6.07) is 4.38.